The number of rotatable bonds is 6. The Morgan fingerprint density at radius 1 is 1.40 bits per heavy atom. The van der Waals surface area contributed by atoms with Crippen LogP contribution in [0, 0.1) is 11.8 Å². The third-order valence-electron chi connectivity index (χ3n) is 4.84. The van der Waals surface area contributed by atoms with Crippen molar-refractivity contribution in [3.63, 3.8) is 0 Å². The molecule has 2 atom stereocenters. The van der Waals surface area contributed by atoms with Crippen LogP contribution in [0.15, 0.2) is 12.1 Å². The molecule has 1 aromatic rings. The molecule has 25 heavy (non-hydrogen) atoms. The number of amides is 1. The molecule has 0 aromatic heterocycles. The standard InChI is InChI=1S/C17H24ClN3O3.ClH/c1-23-15-5-11(4-14(18)17(15)24-10-16(19)22)8-21-3-2-12-6-20-7-13(12)9-21;/h4-5,12-13,20H,2-3,6-10H2,1H3,(H2,19,22);1H. The number of primary amides is 1. The SMILES string of the molecule is COc1cc(CN2CCC3CNCC3C2)cc(Cl)c1OCC(N)=O.Cl. The summed E-state index contributed by atoms with van der Waals surface area (Å²) in [5, 5.41) is 3.92. The van der Waals surface area contributed by atoms with Crippen molar-refractivity contribution in [2.45, 2.75) is 13.0 Å². The van der Waals surface area contributed by atoms with Gasteiger partial charge >= 0.3 is 0 Å². The van der Waals surface area contributed by atoms with Crippen LogP contribution in [0.1, 0.15) is 12.0 Å². The Bertz CT molecular complexity index is 615. The van der Waals surface area contributed by atoms with Crippen LogP contribution < -0.4 is 20.5 Å². The predicted molar refractivity (Wildman–Crippen MR) is 99.7 cm³/mol. The highest BCUT2D eigenvalue weighted by molar-refractivity contribution is 6.32. The number of benzene rings is 1. The van der Waals surface area contributed by atoms with Crippen molar-refractivity contribution in [1.29, 1.82) is 0 Å². The van der Waals surface area contributed by atoms with E-state index in [-0.39, 0.29) is 19.0 Å². The summed E-state index contributed by atoms with van der Waals surface area (Å²) in [4.78, 5) is 13.4. The van der Waals surface area contributed by atoms with Crippen LogP contribution in [-0.2, 0) is 11.3 Å². The van der Waals surface area contributed by atoms with Gasteiger partial charge in [-0.05, 0) is 55.6 Å². The zero-order valence-electron chi connectivity index (χ0n) is 14.3. The number of nitrogens with two attached hydrogens (primary N) is 1. The number of nitrogens with zero attached hydrogens (tertiary/aromatic N) is 1. The van der Waals surface area contributed by atoms with Crippen LogP contribution in [0.25, 0.3) is 0 Å². The van der Waals surface area contributed by atoms with E-state index in [1.54, 1.807) is 7.11 Å². The maximum atomic E-state index is 10.9. The minimum atomic E-state index is -0.551. The molecule has 0 aliphatic carbocycles. The molecule has 0 radical (unpaired) electrons. The number of ether oxygens (including phenoxy) is 2. The zero-order chi connectivity index (χ0) is 17.1. The van der Waals surface area contributed by atoms with Crippen LogP contribution in [0.2, 0.25) is 5.02 Å². The summed E-state index contributed by atoms with van der Waals surface area (Å²) in [7, 11) is 1.56. The topological polar surface area (TPSA) is 76.8 Å². The number of carbonyl (C=O) groups excluding carboxylic acids is 1. The molecular formula is C17H25Cl2N3O3. The number of nitrogens with one attached hydrogen (secondary N) is 1. The quantitative estimate of drug-likeness (QED) is 0.773. The number of methoxy groups -OCH3 is 1. The minimum Gasteiger partial charge on any atom is -0.493 e. The van der Waals surface area contributed by atoms with E-state index >= 15 is 0 Å². The van der Waals surface area contributed by atoms with E-state index in [2.05, 4.69) is 10.2 Å². The number of piperidine rings is 1. The molecule has 2 saturated heterocycles. The second kappa shape index (κ2) is 8.94. The van der Waals surface area contributed by atoms with Crippen molar-refractivity contribution < 1.29 is 14.3 Å². The first-order valence-electron chi connectivity index (χ1n) is 8.27. The molecule has 3 rings (SSSR count). The minimum absolute atomic E-state index is 0. The van der Waals surface area contributed by atoms with Gasteiger partial charge in [-0.25, -0.2) is 0 Å². The molecule has 0 spiro atoms. The van der Waals surface area contributed by atoms with Crippen molar-refractivity contribution >= 4 is 29.9 Å². The van der Waals surface area contributed by atoms with E-state index in [4.69, 9.17) is 26.8 Å². The smallest absolute Gasteiger partial charge is 0.255 e. The first kappa shape index (κ1) is 20.1. The Balaban J connectivity index is 0.00000225. The average Bonchev–Trinajstić information content (AvgIpc) is 3.00. The van der Waals surface area contributed by atoms with Gasteiger partial charge < -0.3 is 20.5 Å². The molecule has 0 saturated carbocycles. The van der Waals surface area contributed by atoms with E-state index < -0.39 is 5.91 Å². The van der Waals surface area contributed by atoms with Crippen LogP contribution in [-0.4, -0.2) is 50.7 Å². The van der Waals surface area contributed by atoms with Crippen molar-refractivity contribution in [2.75, 3.05) is 39.9 Å². The lowest BCUT2D eigenvalue weighted by Crippen LogP contribution is -2.39. The molecule has 6 nitrogen and oxygen atoms in total. The number of fused-ring (bicyclic) bond motifs is 1. The van der Waals surface area contributed by atoms with E-state index in [0.717, 1.165) is 50.1 Å². The first-order chi connectivity index (χ1) is 11.6. The Labute approximate surface area is 159 Å². The maximum absolute atomic E-state index is 10.9. The van der Waals surface area contributed by atoms with Gasteiger partial charge in [0.25, 0.3) is 5.91 Å². The fraction of sp³-hybridized carbons (Fsp3) is 0.588. The molecular weight excluding hydrogens is 365 g/mol. The Kier molecular flexibility index (Phi) is 7.19. The highest BCUT2D eigenvalue weighted by Gasteiger charge is 2.32. The monoisotopic (exact) mass is 389 g/mol. The van der Waals surface area contributed by atoms with Gasteiger partial charge in [-0.3, -0.25) is 9.69 Å². The molecule has 1 amide bonds. The van der Waals surface area contributed by atoms with Crippen LogP contribution in [0.3, 0.4) is 0 Å². The number of carbonyl (C=O) groups is 1. The van der Waals surface area contributed by atoms with Gasteiger partial charge in [-0.2, -0.15) is 0 Å². The number of halogens is 2. The molecule has 1 aromatic carbocycles. The van der Waals surface area contributed by atoms with Gasteiger partial charge in [-0.15, -0.1) is 12.4 Å². The summed E-state index contributed by atoms with van der Waals surface area (Å²) in [6.45, 7) is 5.09. The van der Waals surface area contributed by atoms with E-state index in [1.807, 2.05) is 12.1 Å². The normalized spacial score (nSPS) is 22.8. The lowest BCUT2D eigenvalue weighted by Gasteiger charge is -2.34. The molecule has 2 fully saturated rings. The molecule has 2 aliphatic heterocycles. The molecule has 2 unspecified atom stereocenters. The largest absolute Gasteiger partial charge is 0.493 e. The molecule has 0 bridgehead atoms. The number of likely N-dealkylation sites (tertiary alicyclic amines) is 1. The third-order valence-corrected chi connectivity index (χ3v) is 5.12. The first-order valence-corrected chi connectivity index (χ1v) is 8.65. The molecule has 3 N–H and O–H groups in total. The van der Waals surface area contributed by atoms with Gasteiger partial charge in [0, 0.05) is 13.1 Å². The van der Waals surface area contributed by atoms with Gasteiger partial charge in [0.1, 0.15) is 0 Å². The third kappa shape index (κ3) is 4.91. The summed E-state index contributed by atoms with van der Waals surface area (Å²) in [5.74, 6) is 1.90. The molecule has 8 heteroatoms. The summed E-state index contributed by atoms with van der Waals surface area (Å²) < 4.78 is 10.7. The van der Waals surface area contributed by atoms with Crippen LogP contribution in [0.4, 0.5) is 0 Å². The average molecular weight is 390 g/mol. The highest BCUT2D eigenvalue weighted by atomic mass is 35.5. The number of hydrogen-bond acceptors (Lipinski definition) is 5. The molecule has 2 heterocycles. The summed E-state index contributed by atoms with van der Waals surface area (Å²) in [6.07, 6.45) is 1.24. The van der Waals surface area contributed by atoms with E-state index in [9.17, 15) is 4.79 Å². The Morgan fingerprint density at radius 2 is 2.16 bits per heavy atom. The predicted octanol–water partition coefficient (Wildman–Crippen LogP) is 1.68. The number of hydrogen-bond donors (Lipinski definition) is 2. The van der Waals surface area contributed by atoms with Gasteiger partial charge in [0.15, 0.2) is 18.1 Å². The second-order valence-corrected chi connectivity index (χ2v) is 6.97. The zero-order valence-corrected chi connectivity index (χ0v) is 15.9. The van der Waals surface area contributed by atoms with Gasteiger partial charge in [0.05, 0.1) is 12.1 Å². The van der Waals surface area contributed by atoms with E-state index in [0.29, 0.717) is 16.5 Å². The fourth-order valence-corrected chi connectivity index (χ4v) is 3.95. The summed E-state index contributed by atoms with van der Waals surface area (Å²) in [6, 6.07) is 3.79. The van der Waals surface area contributed by atoms with Gasteiger partial charge in [-0.1, -0.05) is 11.6 Å². The Morgan fingerprint density at radius 3 is 2.88 bits per heavy atom. The van der Waals surface area contributed by atoms with Crippen molar-refractivity contribution in [1.82, 2.24) is 10.2 Å². The fourth-order valence-electron chi connectivity index (χ4n) is 3.66. The van der Waals surface area contributed by atoms with Crippen molar-refractivity contribution in [3.05, 3.63) is 22.7 Å². The van der Waals surface area contributed by atoms with Crippen LogP contribution >= 0.6 is 24.0 Å². The van der Waals surface area contributed by atoms with Gasteiger partial charge in [0.2, 0.25) is 0 Å². The lowest BCUT2D eigenvalue weighted by molar-refractivity contribution is -0.119. The second-order valence-electron chi connectivity index (χ2n) is 6.57. The summed E-state index contributed by atoms with van der Waals surface area (Å²) in [5.41, 5.74) is 6.19. The molecule has 140 valence electrons. The van der Waals surface area contributed by atoms with Crippen molar-refractivity contribution in [2.24, 2.45) is 17.6 Å². The molecule has 2 aliphatic rings. The Hall–Kier alpha value is -1.21. The lowest BCUT2D eigenvalue weighted by atomic mass is 9.88. The highest BCUT2D eigenvalue weighted by Crippen LogP contribution is 2.37. The summed E-state index contributed by atoms with van der Waals surface area (Å²) >= 11 is 6.32. The van der Waals surface area contributed by atoms with Crippen LogP contribution in [0.5, 0.6) is 11.5 Å². The van der Waals surface area contributed by atoms with E-state index in [1.165, 1.54) is 6.42 Å². The van der Waals surface area contributed by atoms with Crippen molar-refractivity contribution in [3.8, 4) is 11.5 Å². The maximum Gasteiger partial charge on any atom is 0.255 e.